The average Bonchev–Trinajstić information content (AvgIpc) is 3.56. The van der Waals surface area contributed by atoms with Crippen LogP contribution in [0.4, 0.5) is 0 Å². The molecule has 0 aliphatic heterocycles. The van der Waals surface area contributed by atoms with Gasteiger partial charge in [-0.05, 0) is 112 Å². The minimum atomic E-state index is 0.913. The van der Waals surface area contributed by atoms with Gasteiger partial charge in [0.1, 0.15) is 11.2 Å². The first kappa shape index (κ1) is 26.6. The Labute approximate surface area is 282 Å². The van der Waals surface area contributed by atoms with Gasteiger partial charge in [0, 0.05) is 16.2 Å². The average molecular weight is 621 g/mol. The molecular weight excluding hydrogens is 593 g/mol. The molecule has 10 aromatic carbocycles. The molecule has 0 saturated heterocycles. The summed E-state index contributed by atoms with van der Waals surface area (Å²) in [6.07, 6.45) is 0. The van der Waals surface area contributed by atoms with Crippen molar-refractivity contribution in [2.45, 2.75) is 0 Å². The van der Waals surface area contributed by atoms with Crippen molar-refractivity contribution >= 4 is 86.6 Å². The highest BCUT2D eigenvalue weighted by Crippen LogP contribution is 2.48. The summed E-state index contributed by atoms with van der Waals surface area (Å²) >= 11 is 0. The fraction of sp³-hybridized carbons (Fsp3) is 0. The van der Waals surface area contributed by atoms with E-state index in [4.69, 9.17) is 4.42 Å². The summed E-state index contributed by atoms with van der Waals surface area (Å²) < 4.78 is 6.64. The van der Waals surface area contributed by atoms with E-state index in [1.165, 1.54) is 81.5 Å². The van der Waals surface area contributed by atoms with E-state index in [9.17, 15) is 0 Å². The summed E-state index contributed by atoms with van der Waals surface area (Å²) in [5.74, 6) is 0. The first-order chi connectivity index (χ1) is 24.3. The molecule has 0 bridgehead atoms. The maximum Gasteiger partial charge on any atom is 0.143 e. The lowest BCUT2D eigenvalue weighted by Gasteiger charge is -2.18. The molecule has 0 spiro atoms. The number of rotatable bonds is 2. The maximum absolute atomic E-state index is 6.64. The van der Waals surface area contributed by atoms with Crippen LogP contribution in [0.1, 0.15) is 0 Å². The molecule has 0 saturated carbocycles. The van der Waals surface area contributed by atoms with Gasteiger partial charge in [-0.1, -0.05) is 140 Å². The fourth-order valence-electron chi connectivity index (χ4n) is 8.40. The van der Waals surface area contributed by atoms with Crippen molar-refractivity contribution in [2.75, 3.05) is 0 Å². The van der Waals surface area contributed by atoms with Crippen LogP contribution in [0.2, 0.25) is 0 Å². The third-order valence-electron chi connectivity index (χ3n) is 10.6. The third-order valence-corrected chi connectivity index (χ3v) is 10.6. The Bertz CT molecular complexity index is 3100. The topological polar surface area (TPSA) is 13.1 Å². The van der Waals surface area contributed by atoms with E-state index >= 15 is 0 Å². The Morgan fingerprint density at radius 3 is 1.61 bits per heavy atom. The lowest BCUT2D eigenvalue weighted by atomic mass is 9.84. The molecule has 0 fully saturated rings. The van der Waals surface area contributed by atoms with Gasteiger partial charge in [0.05, 0.1) is 0 Å². The van der Waals surface area contributed by atoms with Gasteiger partial charge in [0.15, 0.2) is 0 Å². The van der Waals surface area contributed by atoms with E-state index in [-0.39, 0.29) is 0 Å². The Morgan fingerprint density at radius 2 is 0.878 bits per heavy atom. The van der Waals surface area contributed by atoms with Gasteiger partial charge in [-0.15, -0.1) is 0 Å². The van der Waals surface area contributed by atoms with Crippen LogP contribution in [-0.4, -0.2) is 0 Å². The summed E-state index contributed by atoms with van der Waals surface area (Å²) in [5.41, 5.74) is 6.80. The molecule has 0 amide bonds. The maximum atomic E-state index is 6.64. The monoisotopic (exact) mass is 620 g/mol. The normalized spacial score (nSPS) is 12.1. The van der Waals surface area contributed by atoms with Gasteiger partial charge in [-0.3, -0.25) is 0 Å². The van der Waals surface area contributed by atoms with Gasteiger partial charge >= 0.3 is 0 Å². The molecule has 1 nitrogen and oxygen atoms in total. The van der Waals surface area contributed by atoms with Crippen LogP contribution in [0, 0.1) is 0 Å². The number of benzene rings is 10. The molecule has 11 rings (SSSR count). The number of fused-ring (bicyclic) bond motifs is 11. The van der Waals surface area contributed by atoms with Crippen LogP contribution in [0.15, 0.2) is 174 Å². The second-order valence-electron chi connectivity index (χ2n) is 13.2. The molecule has 0 unspecified atom stereocenters. The molecule has 1 heterocycles. The first-order valence-electron chi connectivity index (χ1n) is 16.9. The standard InChI is InChI=1S/C48H28O/c1-2-12-31-28-43-33(26-30(31)11-1)21-20-32-27-34(23-24-35(32)43)45-37-14-5-7-16-39(37)46(40-17-8-6-15-38(40)45)41-18-9-19-44-47(41)42-25-22-29-10-3-4-13-36(29)48(42)49-44/h1-28H. The Balaban J connectivity index is 1.20. The van der Waals surface area contributed by atoms with Crippen LogP contribution < -0.4 is 0 Å². The van der Waals surface area contributed by atoms with Crippen LogP contribution in [0.3, 0.4) is 0 Å². The van der Waals surface area contributed by atoms with Crippen molar-refractivity contribution in [1.29, 1.82) is 0 Å². The first-order valence-corrected chi connectivity index (χ1v) is 16.9. The number of hydrogen-bond acceptors (Lipinski definition) is 1. The number of furan rings is 1. The summed E-state index contributed by atoms with van der Waals surface area (Å²) in [4.78, 5) is 0. The zero-order valence-electron chi connectivity index (χ0n) is 26.6. The summed E-state index contributed by atoms with van der Waals surface area (Å²) in [5, 5.41) is 17.3. The van der Waals surface area contributed by atoms with Gasteiger partial charge in [-0.2, -0.15) is 0 Å². The molecule has 1 aromatic heterocycles. The van der Waals surface area contributed by atoms with E-state index in [2.05, 4.69) is 170 Å². The van der Waals surface area contributed by atoms with E-state index in [0.29, 0.717) is 0 Å². The SMILES string of the molecule is c1ccc2cc3c(ccc4cc(-c5c6ccccc6c(-c6cccc7oc8c9ccccc9ccc8c67)c6ccccc56)ccc43)cc2c1. The molecule has 49 heavy (non-hydrogen) atoms. The second kappa shape index (κ2) is 10.0. The summed E-state index contributed by atoms with van der Waals surface area (Å²) in [6.45, 7) is 0. The fourth-order valence-corrected chi connectivity index (χ4v) is 8.40. The highest BCUT2D eigenvalue weighted by atomic mass is 16.3. The van der Waals surface area contributed by atoms with Crippen LogP contribution in [-0.2, 0) is 0 Å². The third kappa shape index (κ3) is 3.82. The largest absolute Gasteiger partial charge is 0.455 e. The smallest absolute Gasteiger partial charge is 0.143 e. The second-order valence-corrected chi connectivity index (χ2v) is 13.2. The van der Waals surface area contributed by atoms with Crippen molar-refractivity contribution < 1.29 is 4.42 Å². The highest BCUT2D eigenvalue weighted by molar-refractivity contribution is 6.27. The molecule has 11 aromatic rings. The molecule has 0 radical (unpaired) electrons. The minimum Gasteiger partial charge on any atom is -0.455 e. The molecule has 0 aliphatic rings. The molecule has 0 atom stereocenters. The van der Waals surface area contributed by atoms with Crippen molar-refractivity contribution in [3.8, 4) is 22.3 Å². The van der Waals surface area contributed by atoms with Gasteiger partial charge in [0.25, 0.3) is 0 Å². The van der Waals surface area contributed by atoms with Gasteiger partial charge in [0.2, 0.25) is 0 Å². The highest BCUT2D eigenvalue weighted by Gasteiger charge is 2.21. The van der Waals surface area contributed by atoms with Crippen LogP contribution in [0.25, 0.3) is 109 Å². The summed E-state index contributed by atoms with van der Waals surface area (Å²) in [7, 11) is 0. The quantitative estimate of drug-likeness (QED) is 0.138. The Hall–Kier alpha value is -6.44. The predicted molar refractivity (Wildman–Crippen MR) is 210 cm³/mol. The van der Waals surface area contributed by atoms with E-state index in [1.807, 2.05) is 0 Å². The zero-order valence-corrected chi connectivity index (χ0v) is 26.6. The van der Waals surface area contributed by atoms with E-state index in [0.717, 1.165) is 27.3 Å². The summed E-state index contributed by atoms with van der Waals surface area (Å²) in [6, 6.07) is 62.1. The van der Waals surface area contributed by atoms with Crippen LogP contribution in [0.5, 0.6) is 0 Å². The Kier molecular flexibility index (Phi) is 5.45. The molecule has 0 aliphatic carbocycles. The molecule has 1 heteroatoms. The Morgan fingerprint density at radius 1 is 0.306 bits per heavy atom. The predicted octanol–water partition coefficient (Wildman–Crippen LogP) is 13.8. The molecule has 0 N–H and O–H groups in total. The van der Waals surface area contributed by atoms with Crippen LogP contribution >= 0.6 is 0 Å². The molecule has 226 valence electrons. The van der Waals surface area contributed by atoms with E-state index in [1.54, 1.807) is 0 Å². The van der Waals surface area contributed by atoms with Gasteiger partial charge in [-0.25, -0.2) is 0 Å². The molecular formula is C48H28O. The lowest BCUT2D eigenvalue weighted by Crippen LogP contribution is -1.91. The lowest BCUT2D eigenvalue weighted by molar-refractivity contribution is 0.673. The van der Waals surface area contributed by atoms with E-state index < -0.39 is 0 Å². The number of hydrogen-bond donors (Lipinski definition) is 0. The van der Waals surface area contributed by atoms with Crippen molar-refractivity contribution in [2.24, 2.45) is 0 Å². The zero-order chi connectivity index (χ0) is 32.1. The van der Waals surface area contributed by atoms with Crippen molar-refractivity contribution in [1.82, 2.24) is 0 Å². The van der Waals surface area contributed by atoms with Crippen molar-refractivity contribution in [3.63, 3.8) is 0 Å². The minimum absolute atomic E-state index is 0.913. The van der Waals surface area contributed by atoms with Crippen molar-refractivity contribution in [3.05, 3.63) is 170 Å². The van der Waals surface area contributed by atoms with Gasteiger partial charge < -0.3 is 4.42 Å².